The van der Waals surface area contributed by atoms with Crippen LogP contribution in [0.3, 0.4) is 0 Å². The van der Waals surface area contributed by atoms with Gasteiger partial charge in [-0.15, -0.1) is 0 Å². The van der Waals surface area contributed by atoms with Crippen LogP contribution >= 0.6 is 0 Å². The fourth-order valence-corrected chi connectivity index (χ4v) is 2.94. The first-order valence-electron chi connectivity index (χ1n) is 7.18. The van der Waals surface area contributed by atoms with Crippen molar-refractivity contribution in [1.82, 2.24) is 4.90 Å². The quantitative estimate of drug-likeness (QED) is 0.919. The van der Waals surface area contributed by atoms with Gasteiger partial charge in [0.05, 0.1) is 0 Å². The van der Waals surface area contributed by atoms with Crippen molar-refractivity contribution in [2.75, 3.05) is 0 Å². The summed E-state index contributed by atoms with van der Waals surface area (Å²) in [6.07, 6.45) is 3.35. The molecule has 1 fully saturated rings. The third kappa shape index (κ3) is 2.44. The van der Waals surface area contributed by atoms with E-state index in [0.29, 0.717) is 12.2 Å². The van der Waals surface area contributed by atoms with E-state index in [0.717, 1.165) is 19.3 Å². The summed E-state index contributed by atoms with van der Waals surface area (Å²) >= 11 is 0. The summed E-state index contributed by atoms with van der Waals surface area (Å²) in [5.41, 5.74) is 0.0933. The van der Waals surface area contributed by atoms with E-state index in [2.05, 4.69) is 6.92 Å². The molecule has 2 rings (SSSR count). The maximum absolute atomic E-state index is 12.6. The second-order valence-electron chi connectivity index (χ2n) is 5.31. The Morgan fingerprint density at radius 2 is 2.10 bits per heavy atom. The van der Waals surface area contributed by atoms with Crippen LogP contribution < -0.4 is 0 Å². The molecule has 1 amide bonds. The maximum atomic E-state index is 12.6. The Hall–Kier alpha value is -1.78. The number of carboxylic acids is 1. The largest absolute Gasteiger partial charge is 0.478 e. The first-order chi connectivity index (χ1) is 9.49. The molecule has 5 nitrogen and oxygen atoms in total. The van der Waals surface area contributed by atoms with Gasteiger partial charge in [0.15, 0.2) is 5.76 Å². The molecule has 0 radical (unpaired) electrons. The average molecular weight is 279 g/mol. The molecule has 2 heterocycles. The van der Waals surface area contributed by atoms with E-state index >= 15 is 0 Å². The van der Waals surface area contributed by atoms with Gasteiger partial charge >= 0.3 is 5.97 Å². The smallest absolute Gasteiger partial charge is 0.339 e. The average Bonchev–Trinajstić information content (AvgIpc) is 3.01. The molecule has 0 saturated carbocycles. The Kier molecular flexibility index (Phi) is 4.16. The summed E-state index contributed by atoms with van der Waals surface area (Å²) in [6.45, 7) is 5.90. The minimum Gasteiger partial charge on any atom is -0.478 e. The van der Waals surface area contributed by atoms with E-state index in [-0.39, 0.29) is 29.3 Å². The minimum atomic E-state index is -1.05. The Bertz CT molecular complexity index is 520. The molecule has 0 bridgehead atoms. The first-order valence-corrected chi connectivity index (χ1v) is 7.18. The number of nitrogens with zero attached hydrogens (tertiary/aromatic N) is 1. The number of aromatic carboxylic acids is 1. The molecule has 1 saturated heterocycles. The zero-order valence-electron chi connectivity index (χ0n) is 12.2. The van der Waals surface area contributed by atoms with Gasteiger partial charge < -0.3 is 14.4 Å². The normalized spacial score (nSPS) is 22.2. The van der Waals surface area contributed by atoms with E-state index in [1.54, 1.807) is 0 Å². The number of furan rings is 1. The van der Waals surface area contributed by atoms with Gasteiger partial charge in [0.1, 0.15) is 11.3 Å². The Morgan fingerprint density at radius 1 is 1.40 bits per heavy atom. The molecule has 110 valence electrons. The van der Waals surface area contributed by atoms with Crippen molar-refractivity contribution >= 4 is 11.9 Å². The molecular formula is C15H21NO4. The van der Waals surface area contributed by atoms with Gasteiger partial charge in [0.2, 0.25) is 0 Å². The third-order valence-corrected chi connectivity index (χ3v) is 4.06. The number of carboxylic acid groups (broad SMARTS) is 1. The van der Waals surface area contributed by atoms with Crippen molar-refractivity contribution in [2.24, 2.45) is 0 Å². The van der Waals surface area contributed by atoms with E-state index in [9.17, 15) is 9.59 Å². The molecule has 5 heteroatoms. The zero-order chi connectivity index (χ0) is 14.9. The van der Waals surface area contributed by atoms with Gasteiger partial charge in [-0.3, -0.25) is 4.79 Å². The number of carbonyl (C=O) groups is 2. The Labute approximate surface area is 118 Å². The van der Waals surface area contributed by atoms with Crippen LogP contribution in [0.15, 0.2) is 10.5 Å². The molecule has 2 unspecified atom stereocenters. The van der Waals surface area contributed by atoms with Crippen LogP contribution in [0.1, 0.15) is 66.7 Å². The topological polar surface area (TPSA) is 70.8 Å². The summed E-state index contributed by atoms with van der Waals surface area (Å²) in [4.78, 5) is 25.5. The van der Waals surface area contributed by atoms with E-state index in [4.69, 9.17) is 9.52 Å². The van der Waals surface area contributed by atoms with Crippen molar-refractivity contribution in [3.63, 3.8) is 0 Å². The highest BCUT2D eigenvalue weighted by Gasteiger charge is 2.35. The fraction of sp³-hybridized carbons (Fsp3) is 0.600. The van der Waals surface area contributed by atoms with Crippen LogP contribution in [0.2, 0.25) is 0 Å². The summed E-state index contributed by atoms with van der Waals surface area (Å²) in [5, 5.41) is 9.12. The lowest BCUT2D eigenvalue weighted by Crippen LogP contribution is -2.39. The number of rotatable bonds is 4. The van der Waals surface area contributed by atoms with Crippen LogP contribution in [0.25, 0.3) is 0 Å². The number of hydrogen-bond donors (Lipinski definition) is 1. The Morgan fingerprint density at radius 3 is 2.60 bits per heavy atom. The lowest BCUT2D eigenvalue weighted by molar-refractivity contribution is 0.0639. The number of likely N-dealkylation sites (tertiary alicyclic amines) is 1. The predicted octanol–water partition coefficient (Wildman–Crippen LogP) is 2.94. The molecule has 1 aromatic heterocycles. The Balaban J connectivity index is 2.31. The van der Waals surface area contributed by atoms with Crippen LogP contribution in [-0.2, 0) is 6.42 Å². The molecule has 1 N–H and O–H groups in total. The number of hydrogen-bond acceptors (Lipinski definition) is 3. The maximum Gasteiger partial charge on any atom is 0.339 e. The molecule has 20 heavy (non-hydrogen) atoms. The summed E-state index contributed by atoms with van der Waals surface area (Å²) in [5.74, 6) is -0.734. The van der Waals surface area contributed by atoms with Crippen molar-refractivity contribution in [2.45, 2.75) is 58.5 Å². The van der Waals surface area contributed by atoms with Gasteiger partial charge in [-0.25, -0.2) is 4.79 Å². The van der Waals surface area contributed by atoms with Gasteiger partial charge in [0, 0.05) is 24.6 Å². The lowest BCUT2D eigenvalue weighted by Gasteiger charge is -2.26. The lowest BCUT2D eigenvalue weighted by atomic mass is 10.1. The number of amides is 1. The minimum absolute atomic E-state index is 0.0933. The van der Waals surface area contributed by atoms with Gasteiger partial charge in [-0.05, 0) is 26.2 Å². The van der Waals surface area contributed by atoms with E-state index in [1.165, 1.54) is 6.07 Å². The van der Waals surface area contributed by atoms with E-state index in [1.807, 2.05) is 18.7 Å². The highest BCUT2D eigenvalue weighted by molar-refractivity contribution is 5.96. The summed E-state index contributed by atoms with van der Waals surface area (Å²) in [7, 11) is 0. The molecule has 2 atom stereocenters. The van der Waals surface area contributed by atoms with Crippen LogP contribution in [-0.4, -0.2) is 34.0 Å². The molecule has 0 spiro atoms. The molecular weight excluding hydrogens is 258 g/mol. The highest BCUT2D eigenvalue weighted by Crippen LogP contribution is 2.29. The van der Waals surface area contributed by atoms with Crippen LogP contribution in [0.5, 0.6) is 0 Å². The van der Waals surface area contributed by atoms with Crippen LogP contribution in [0, 0.1) is 0 Å². The zero-order valence-corrected chi connectivity index (χ0v) is 12.2. The second kappa shape index (κ2) is 5.69. The third-order valence-electron chi connectivity index (χ3n) is 4.06. The highest BCUT2D eigenvalue weighted by atomic mass is 16.4. The van der Waals surface area contributed by atoms with Crippen molar-refractivity contribution in [1.29, 1.82) is 0 Å². The fourth-order valence-electron chi connectivity index (χ4n) is 2.94. The van der Waals surface area contributed by atoms with Crippen molar-refractivity contribution in [3.8, 4) is 0 Å². The summed E-state index contributed by atoms with van der Waals surface area (Å²) < 4.78 is 5.47. The standard InChI is InChI=1S/C15H21NO4/c1-4-10-7-6-9(3)16(10)14(17)13-8-11(15(18)19)12(5-2)20-13/h8-10H,4-7H2,1-3H3,(H,18,19). The summed E-state index contributed by atoms with van der Waals surface area (Å²) in [6, 6.07) is 1.76. The van der Waals surface area contributed by atoms with Crippen LogP contribution in [0.4, 0.5) is 0 Å². The number of carbonyl (C=O) groups excluding carboxylic acids is 1. The predicted molar refractivity (Wildman–Crippen MR) is 74.0 cm³/mol. The monoisotopic (exact) mass is 279 g/mol. The molecule has 0 aromatic carbocycles. The van der Waals surface area contributed by atoms with Gasteiger partial charge in [-0.1, -0.05) is 13.8 Å². The first kappa shape index (κ1) is 14.6. The molecule has 0 aliphatic carbocycles. The van der Waals surface area contributed by atoms with E-state index < -0.39 is 5.97 Å². The van der Waals surface area contributed by atoms with Gasteiger partial charge in [-0.2, -0.15) is 0 Å². The van der Waals surface area contributed by atoms with Crippen molar-refractivity contribution < 1.29 is 19.1 Å². The number of aryl methyl sites for hydroxylation is 1. The van der Waals surface area contributed by atoms with Gasteiger partial charge in [0.25, 0.3) is 5.91 Å². The molecule has 1 aliphatic rings. The SMILES string of the molecule is CCc1oc(C(=O)N2C(C)CCC2CC)cc1C(=O)O. The molecule has 1 aliphatic heterocycles. The molecule has 1 aromatic rings. The second-order valence-corrected chi connectivity index (χ2v) is 5.31. The van der Waals surface area contributed by atoms with Crippen molar-refractivity contribution in [3.05, 3.63) is 23.2 Å².